The van der Waals surface area contributed by atoms with Crippen LogP contribution < -0.4 is 5.32 Å². The van der Waals surface area contributed by atoms with Crippen LogP contribution in [0, 0.1) is 6.92 Å². The first kappa shape index (κ1) is 8.87. The fraction of sp³-hybridized carbons (Fsp3) is 0.300. The van der Waals surface area contributed by atoms with Crippen molar-refractivity contribution in [3.8, 4) is 0 Å². The van der Waals surface area contributed by atoms with Crippen molar-refractivity contribution < 1.29 is 8.83 Å². The molecular weight excluding hydrogens is 180 g/mol. The summed E-state index contributed by atoms with van der Waals surface area (Å²) in [6.45, 7) is 1.92. The Bertz CT molecular complexity index is 404. The van der Waals surface area contributed by atoms with Crippen LogP contribution in [0.25, 0.3) is 0 Å². The lowest BCUT2D eigenvalue weighted by Gasteiger charge is -1.93. The Morgan fingerprint density at radius 2 is 2.36 bits per heavy atom. The van der Waals surface area contributed by atoms with Gasteiger partial charge in [0.1, 0.15) is 11.5 Å². The molecule has 4 nitrogen and oxygen atoms in total. The van der Waals surface area contributed by atoms with Crippen molar-refractivity contribution in [1.29, 1.82) is 0 Å². The topological polar surface area (TPSA) is 51.2 Å². The van der Waals surface area contributed by atoms with E-state index >= 15 is 0 Å². The van der Waals surface area contributed by atoms with Gasteiger partial charge in [0.25, 0.3) is 6.01 Å². The molecule has 0 saturated carbocycles. The summed E-state index contributed by atoms with van der Waals surface area (Å²) >= 11 is 0. The predicted molar refractivity (Wildman–Crippen MR) is 52.3 cm³/mol. The molecule has 2 aromatic heterocycles. The lowest BCUT2D eigenvalue weighted by atomic mass is 10.2. The van der Waals surface area contributed by atoms with Crippen molar-refractivity contribution in [2.45, 2.75) is 13.3 Å². The average molecular weight is 192 g/mol. The van der Waals surface area contributed by atoms with E-state index in [1.807, 2.05) is 19.1 Å². The predicted octanol–water partition coefficient (Wildman–Crippen LogP) is 2.21. The maximum atomic E-state index is 5.45. The molecule has 0 unspecified atom stereocenters. The molecule has 0 aromatic carbocycles. The molecule has 0 saturated heterocycles. The molecule has 74 valence electrons. The first-order valence-corrected chi connectivity index (χ1v) is 4.46. The molecule has 2 rings (SSSR count). The first-order valence-electron chi connectivity index (χ1n) is 4.46. The lowest BCUT2D eigenvalue weighted by Crippen LogP contribution is -1.86. The number of anilines is 1. The summed E-state index contributed by atoms with van der Waals surface area (Å²) in [4.78, 5) is 4.19. The highest BCUT2D eigenvalue weighted by Crippen LogP contribution is 2.17. The molecule has 0 radical (unpaired) electrons. The van der Waals surface area contributed by atoms with Gasteiger partial charge in [0.2, 0.25) is 0 Å². The molecule has 0 atom stereocenters. The number of aryl methyl sites for hydroxylation is 1. The Hall–Kier alpha value is -1.71. The molecule has 4 heteroatoms. The van der Waals surface area contributed by atoms with Crippen LogP contribution in [-0.2, 0) is 6.42 Å². The van der Waals surface area contributed by atoms with Gasteiger partial charge in [-0.1, -0.05) is 0 Å². The Balaban J connectivity index is 2.20. The zero-order valence-electron chi connectivity index (χ0n) is 8.20. The molecule has 0 aliphatic heterocycles. The van der Waals surface area contributed by atoms with Crippen LogP contribution in [0.1, 0.15) is 17.2 Å². The maximum absolute atomic E-state index is 5.45. The summed E-state index contributed by atoms with van der Waals surface area (Å²) in [7, 11) is 1.78. The monoisotopic (exact) mass is 192 g/mol. The Labute approximate surface area is 81.9 Å². The van der Waals surface area contributed by atoms with Crippen LogP contribution in [0.2, 0.25) is 0 Å². The number of nitrogens with zero attached hydrogens (tertiary/aromatic N) is 1. The van der Waals surface area contributed by atoms with Gasteiger partial charge in [-0.25, -0.2) is 0 Å². The van der Waals surface area contributed by atoms with Crippen LogP contribution in [0.3, 0.4) is 0 Å². The highest BCUT2D eigenvalue weighted by Gasteiger charge is 2.10. The lowest BCUT2D eigenvalue weighted by molar-refractivity contribution is 0.478. The van der Waals surface area contributed by atoms with E-state index in [0.29, 0.717) is 12.4 Å². The van der Waals surface area contributed by atoms with Crippen LogP contribution in [0.5, 0.6) is 0 Å². The summed E-state index contributed by atoms with van der Waals surface area (Å²) in [6.07, 6.45) is 2.30. The van der Waals surface area contributed by atoms with Gasteiger partial charge in [-0.3, -0.25) is 0 Å². The summed E-state index contributed by atoms with van der Waals surface area (Å²) in [5.41, 5.74) is 0.894. The molecule has 0 fully saturated rings. The number of nitrogens with one attached hydrogen (secondary N) is 1. The quantitative estimate of drug-likeness (QED) is 0.810. The van der Waals surface area contributed by atoms with Gasteiger partial charge in [0, 0.05) is 7.05 Å². The number of rotatable bonds is 3. The largest absolute Gasteiger partial charge is 0.469 e. The normalized spacial score (nSPS) is 10.4. The van der Waals surface area contributed by atoms with Crippen LogP contribution in [0.15, 0.2) is 27.2 Å². The third-order valence-electron chi connectivity index (χ3n) is 2.02. The second-order valence-electron chi connectivity index (χ2n) is 3.03. The molecule has 0 aliphatic carbocycles. The van der Waals surface area contributed by atoms with E-state index in [0.717, 1.165) is 17.2 Å². The maximum Gasteiger partial charge on any atom is 0.294 e. The fourth-order valence-electron chi connectivity index (χ4n) is 1.27. The molecule has 1 N–H and O–H groups in total. The third-order valence-corrected chi connectivity index (χ3v) is 2.02. The Morgan fingerprint density at radius 1 is 1.50 bits per heavy atom. The minimum absolute atomic E-state index is 0.545. The van der Waals surface area contributed by atoms with E-state index in [-0.39, 0.29) is 0 Å². The molecule has 2 aromatic rings. The Kier molecular flexibility index (Phi) is 2.26. The van der Waals surface area contributed by atoms with Crippen molar-refractivity contribution in [1.82, 2.24) is 4.98 Å². The molecule has 2 heterocycles. The van der Waals surface area contributed by atoms with Crippen LogP contribution in [-0.4, -0.2) is 12.0 Å². The minimum Gasteiger partial charge on any atom is -0.469 e. The highest BCUT2D eigenvalue weighted by molar-refractivity contribution is 5.25. The van der Waals surface area contributed by atoms with Crippen LogP contribution in [0.4, 0.5) is 6.01 Å². The standard InChI is InChI=1S/C10H12N2O2/c1-7-9(14-10(11-2)12-7)6-8-4-3-5-13-8/h3-5H,6H2,1-2H3,(H,11,12). The fourth-order valence-corrected chi connectivity index (χ4v) is 1.27. The molecule has 14 heavy (non-hydrogen) atoms. The summed E-state index contributed by atoms with van der Waals surface area (Å²) in [5.74, 6) is 1.72. The van der Waals surface area contributed by atoms with E-state index in [1.165, 1.54) is 0 Å². The first-order chi connectivity index (χ1) is 6.79. The van der Waals surface area contributed by atoms with E-state index < -0.39 is 0 Å². The van der Waals surface area contributed by atoms with Crippen LogP contribution >= 0.6 is 0 Å². The van der Waals surface area contributed by atoms with Gasteiger partial charge in [0.05, 0.1) is 18.4 Å². The second-order valence-corrected chi connectivity index (χ2v) is 3.03. The summed E-state index contributed by atoms with van der Waals surface area (Å²) < 4.78 is 10.7. The molecule has 0 bridgehead atoms. The molecule has 0 aliphatic rings. The van der Waals surface area contributed by atoms with E-state index in [9.17, 15) is 0 Å². The van der Waals surface area contributed by atoms with Gasteiger partial charge < -0.3 is 14.2 Å². The van der Waals surface area contributed by atoms with Gasteiger partial charge in [-0.05, 0) is 19.1 Å². The zero-order valence-corrected chi connectivity index (χ0v) is 8.20. The van der Waals surface area contributed by atoms with Crippen molar-refractivity contribution in [3.05, 3.63) is 35.6 Å². The van der Waals surface area contributed by atoms with Gasteiger partial charge in [-0.15, -0.1) is 0 Å². The number of furan rings is 1. The Morgan fingerprint density at radius 3 is 2.93 bits per heavy atom. The molecule has 0 amide bonds. The van der Waals surface area contributed by atoms with E-state index in [2.05, 4.69) is 10.3 Å². The van der Waals surface area contributed by atoms with Crippen molar-refractivity contribution in [3.63, 3.8) is 0 Å². The van der Waals surface area contributed by atoms with Crippen molar-refractivity contribution in [2.75, 3.05) is 12.4 Å². The summed E-state index contributed by atoms with van der Waals surface area (Å²) in [5, 5.41) is 2.86. The number of hydrogen-bond acceptors (Lipinski definition) is 4. The highest BCUT2D eigenvalue weighted by atomic mass is 16.4. The SMILES string of the molecule is CNc1nc(C)c(Cc2ccco2)o1. The number of oxazole rings is 1. The van der Waals surface area contributed by atoms with Gasteiger partial charge in [-0.2, -0.15) is 4.98 Å². The van der Waals surface area contributed by atoms with Gasteiger partial charge >= 0.3 is 0 Å². The van der Waals surface area contributed by atoms with E-state index in [1.54, 1.807) is 13.3 Å². The van der Waals surface area contributed by atoms with Crippen molar-refractivity contribution in [2.24, 2.45) is 0 Å². The minimum atomic E-state index is 0.545. The van der Waals surface area contributed by atoms with Crippen molar-refractivity contribution >= 4 is 6.01 Å². The van der Waals surface area contributed by atoms with Gasteiger partial charge in [0.15, 0.2) is 0 Å². The summed E-state index contributed by atoms with van der Waals surface area (Å²) in [6, 6.07) is 4.32. The zero-order chi connectivity index (χ0) is 9.97. The molecule has 0 spiro atoms. The third kappa shape index (κ3) is 1.64. The second kappa shape index (κ2) is 3.57. The number of hydrogen-bond donors (Lipinski definition) is 1. The van der Waals surface area contributed by atoms with E-state index in [4.69, 9.17) is 8.83 Å². The smallest absolute Gasteiger partial charge is 0.294 e. The molecular formula is C10H12N2O2. The average Bonchev–Trinajstić information content (AvgIpc) is 2.78. The number of aromatic nitrogens is 1.